The standard InChI is InChI=1S/C17H22N4O2/c1-13-5-6-15(23-13)12-20(2)17(22)14-4-3-9-21(11-14)16-10-18-7-8-19-16/h5-8,10,14H,3-4,9,11-12H2,1-2H3/t14-/m0/s1. The van der Waals surface area contributed by atoms with Crippen molar-refractivity contribution in [2.45, 2.75) is 26.3 Å². The van der Waals surface area contributed by atoms with Crippen molar-refractivity contribution < 1.29 is 9.21 Å². The van der Waals surface area contributed by atoms with Crippen molar-refractivity contribution in [3.05, 3.63) is 42.2 Å². The van der Waals surface area contributed by atoms with E-state index < -0.39 is 0 Å². The first-order chi connectivity index (χ1) is 11.1. The molecular formula is C17H22N4O2. The molecule has 1 aliphatic rings. The Morgan fingerprint density at radius 2 is 2.30 bits per heavy atom. The minimum Gasteiger partial charge on any atom is -0.464 e. The number of carbonyl (C=O) groups excluding carboxylic acids is 1. The number of carbonyl (C=O) groups is 1. The summed E-state index contributed by atoms with van der Waals surface area (Å²) in [6, 6.07) is 3.84. The molecule has 0 saturated carbocycles. The van der Waals surface area contributed by atoms with Crippen molar-refractivity contribution >= 4 is 11.7 Å². The Morgan fingerprint density at radius 3 is 3.00 bits per heavy atom. The molecule has 0 aromatic carbocycles. The number of aromatic nitrogens is 2. The molecule has 122 valence electrons. The lowest BCUT2D eigenvalue weighted by atomic mass is 9.96. The van der Waals surface area contributed by atoms with E-state index in [1.165, 1.54) is 0 Å². The normalized spacial score (nSPS) is 18.0. The number of rotatable bonds is 4. The third kappa shape index (κ3) is 3.70. The maximum Gasteiger partial charge on any atom is 0.227 e. The summed E-state index contributed by atoms with van der Waals surface area (Å²) < 4.78 is 5.56. The minimum absolute atomic E-state index is 0.00758. The van der Waals surface area contributed by atoms with E-state index in [0.717, 1.165) is 36.7 Å². The molecule has 1 saturated heterocycles. The van der Waals surface area contributed by atoms with E-state index in [1.807, 2.05) is 26.1 Å². The summed E-state index contributed by atoms with van der Waals surface area (Å²) in [5.74, 6) is 2.68. The second kappa shape index (κ2) is 6.81. The Morgan fingerprint density at radius 1 is 1.43 bits per heavy atom. The van der Waals surface area contributed by atoms with Gasteiger partial charge in [-0.25, -0.2) is 4.98 Å². The van der Waals surface area contributed by atoms with Crippen LogP contribution in [-0.4, -0.2) is 40.9 Å². The summed E-state index contributed by atoms with van der Waals surface area (Å²) in [6.45, 7) is 4.03. The zero-order chi connectivity index (χ0) is 16.2. The minimum atomic E-state index is -0.00758. The van der Waals surface area contributed by atoms with Crippen molar-refractivity contribution in [3.8, 4) is 0 Å². The average molecular weight is 314 g/mol. The molecule has 1 amide bonds. The molecule has 0 radical (unpaired) electrons. The molecule has 3 heterocycles. The summed E-state index contributed by atoms with van der Waals surface area (Å²) in [4.78, 5) is 25.0. The van der Waals surface area contributed by atoms with Gasteiger partial charge in [-0.15, -0.1) is 0 Å². The lowest BCUT2D eigenvalue weighted by Gasteiger charge is -2.34. The van der Waals surface area contributed by atoms with Crippen molar-refractivity contribution in [3.63, 3.8) is 0 Å². The second-order valence-electron chi connectivity index (χ2n) is 6.06. The van der Waals surface area contributed by atoms with Gasteiger partial charge in [-0.3, -0.25) is 9.78 Å². The van der Waals surface area contributed by atoms with E-state index in [-0.39, 0.29) is 11.8 Å². The summed E-state index contributed by atoms with van der Waals surface area (Å²) >= 11 is 0. The number of aryl methyl sites for hydroxylation is 1. The van der Waals surface area contributed by atoms with Gasteiger partial charge in [-0.2, -0.15) is 0 Å². The van der Waals surface area contributed by atoms with Crippen LogP contribution in [0, 0.1) is 12.8 Å². The van der Waals surface area contributed by atoms with Crippen LogP contribution in [0.1, 0.15) is 24.4 Å². The van der Waals surface area contributed by atoms with Gasteiger partial charge in [-0.1, -0.05) is 0 Å². The number of nitrogens with zero attached hydrogens (tertiary/aromatic N) is 4. The highest BCUT2D eigenvalue weighted by atomic mass is 16.3. The Hall–Kier alpha value is -2.37. The fourth-order valence-corrected chi connectivity index (χ4v) is 3.03. The molecule has 2 aromatic rings. The lowest BCUT2D eigenvalue weighted by molar-refractivity contribution is -0.135. The molecule has 2 aromatic heterocycles. The molecule has 0 unspecified atom stereocenters. The van der Waals surface area contributed by atoms with E-state index in [2.05, 4.69) is 14.9 Å². The quantitative estimate of drug-likeness (QED) is 0.866. The molecule has 1 atom stereocenters. The van der Waals surface area contributed by atoms with E-state index in [4.69, 9.17) is 4.42 Å². The Kier molecular flexibility index (Phi) is 4.60. The van der Waals surface area contributed by atoms with E-state index in [1.54, 1.807) is 23.5 Å². The summed E-state index contributed by atoms with van der Waals surface area (Å²) in [5, 5.41) is 0. The maximum absolute atomic E-state index is 12.7. The molecule has 1 aliphatic heterocycles. The van der Waals surface area contributed by atoms with Crippen LogP contribution in [0.2, 0.25) is 0 Å². The molecule has 0 spiro atoms. The second-order valence-corrected chi connectivity index (χ2v) is 6.06. The molecule has 6 nitrogen and oxygen atoms in total. The number of piperidine rings is 1. The molecular weight excluding hydrogens is 292 g/mol. The number of amides is 1. The van der Waals surface area contributed by atoms with E-state index in [0.29, 0.717) is 13.1 Å². The lowest BCUT2D eigenvalue weighted by Crippen LogP contribution is -2.43. The first-order valence-electron chi connectivity index (χ1n) is 7.95. The third-order valence-electron chi connectivity index (χ3n) is 4.21. The predicted molar refractivity (Wildman–Crippen MR) is 86.9 cm³/mol. The van der Waals surface area contributed by atoms with Crippen LogP contribution in [0.4, 0.5) is 5.82 Å². The smallest absolute Gasteiger partial charge is 0.227 e. The Labute approximate surface area is 136 Å². The number of anilines is 1. The molecule has 0 bridgehead atoms. The fraction of sp³-hybridized carbons (Fsp3) is 0.471. The molecule has 0 N–H and O–H groups in total. The van der Waals surface area contributed by atoms with Crippen molar-refractivity contribution in [2.75, 3.05) is 25.0 Å². The third-order valence-corrected chi connectivity index (χ3v) is 4.21. The zero-order valence-corrected chi connectivity index (χ0v) is 13.6. The van der Waals surface area contributed by atoms with Gasteiger partial charge in [0.2, 0.25) is 5.91 Å². The van der Waals surface area contributed by atoms with Gasteiger partial charge < -0.3 is 14.2 Å². The van der Waals surface area contributed by atoms with Gasteiger partial charge in [0.25, 0.3) is 0 Å². The van der Waals surface area contributed by atoms with Crippen LogP contribution in [0.3, 0.4) is 0 Å². The Balaban J connectivity index is 1.62. The zero-order valence-electron chi connectivity index (χ0n) is 13.6. The van der Waals surface area contributed by atoms with Gasteiger partial charge >= 0.3 is 0 Å². The molecule has 0 aliphatic carbocycles. The van der Waals surface area contributed by atoms with Crippen LogP contribution in [0.5, 0.6) is 0 Å². The highest BCUT2D eigenvalue weighted by Gasteiger charge is 2.29. The number of hydrogen-bond donors (Lipinski definition) is 0. The van der Waals surface area contributed by atoms with Gasteiger partial charge in [0.1, 0.15) is 17.3 Å². The van der Waals surface area contributed by atoms with Gasteiger partial charge in [-0.05, 0) is 31.9 Å². The number of furan rings is 1. The molecule has 23 heavy (non-hydrogen) atoms. The number of hydrogen-bond acceptors (Lipinski definition) is 5. The maximum atomic E-state index is 12.7. The van der Waals surface area contributed by atoms with Gasteiger partial charge in [0.15, 0.2) is 0 Å². The van der Waals surface area contributed by atoms with E-state index in [9.17, 15) is 4.79 Å². The topological polar surface area (TPSA) is 62.5 Å². The fourth-order valence-electron chi connectivity index (χ4n) is 3.03. The van der Waals surface area contributed by atoms with Crippen molar-refractivity contribution in [1.82, 2.24) is 14.9 Å². The van der Waals surface area contributed by atoms with Crippen LogP contribution in [0.25, 0.3) is 0 Å². The summed E-state index contributed by atoms with van der Waals surface area (Å²) in [5.41, 5.74) is 0. The Bertz CT molecular complexity index is 656. The monoisotopic (exact) mass is 314 g/mol. The molecule has 3 rings (SSSR count). The first-order valence-corrected chi connectivity index (χ1v) is 7.95. The highest BCUT2D eigenvalue weighted by Crippen LogP contribution is 2.23. The largest absolute Gasteiger partial charge is 0.464 e. The van der Waals surface area contributed by atoms with Crippen LogP contribution in [0.15, 0.2) is 35.1 Å². The van der Waals surface area contributed by atoms with Gasteiger partial charge in [0, 0.05) is 32.5 Å². The molecule has 1 fully saturated rings. The van der Waals surface area contributed by atoms with Crippen LogP contribution >= 0.6 is 0 Å². The SMILES string of the molecule is Cc1ccc(CN(C)C(=O)[C@H]2CCCN(c3cnccn3)C2)o1. The summed E-state index contributed by atoms with van der Waals surface area (Å²) in [7, 11) is 1.83. The van der Waals surface area contributed by atoms with E-state index >= 15 is 0 Å². The van der Waals surface area contributed by atoms with Crippen molar-refractivity contribution in [2.24, 2.45) is 5.92 Å². The molecule has 6 heteroatoms. The van der Waals surface area contributed by atoms with Crippen LogP contribution < -0.4 is 4.90 Å². The van der Waals surface area contributed by atoms with Crippen molar-refractivity contribution in [1.29, 1.82) is 0 Å². The first kappa shape index (κ1) is 15.5. The summed E-state index contributed by atoms with van der Waals surface area (Å²) in [6.07, 6.45) is 7.00. The predicted octanol–water partition coefficient (Wildman–Crippen LogP) is 2.25. The highest BCUT2D eigenvalue weighted by molar-refractivity contribution is 5.79. The van der Waals surface area contributed by atoms with Gasteiger partial charge in [0.05, 0.1) is 18.7 Å². The average Bonchev–Trinajstić information content (AvgIpc) is 3.00. The van der Waals surface area contributed by atoms with Crippen LogP contribution in [-0.2, 0) is 11.3 Å².